The predicted molar refractivity (Wildman–Crippen MR) is 77.4 cm³/mol. The summed E-state index contributed by atoms with van der Waals surface area (Å²) in [6.45, 7) is 5.19. The summed E-state index contributed by atoms with van der Waals surface area (Å²) in [5, 5.41) is 16.1. The molecule has 0 amide bonds. The average molecular weight is 270 g/mol. The third-order valence-corrected chi connectivity index (χ3v) is 2.98. The van der Waals surface area contributed by atoms with Crippen molar-refractivity contribution in [3.05, 3.63) is 6.07 Å². The molecule has 1 aromatic rings. The van der Waals surface area contributed by atoms with Crippen molar-refractivity contribution in [2.24, 2.45) is 0 Å². The lowest BCUT2D eigenvalue weighted by Crippen LogP contribution is -2.17. The van der Waals surface area contributed by atoms with Crippen LogP contribution in [0, 0.1) is 0 Å². The van der Waals surface area contributed by atoms with Gasteiger partial charge in [-0.25, -0.2) is 9.97 Å². The minimum atomic E-state index is 0.231. The summed E-state index contributed by atoms with van der Waals surface area (Å²) >= 11 is 1.53. The first-order chi connectivity index (χ1) is 8.69. The lowest BCUT2D eigenvalue weighted by molar-refractivity contribution is 0.282. The van der Waals surface area contributed by atoms with Crippen LogP contribution < -0.4 is 10.6 Å². The molecule has 102 valence electrons. The van der Waals surface area contributed by atoms with Crippen molar-refractivity contribution >= 4 is 23.4 Å². The molecule has 0 fully saturated rings. The van der Waals surface area contributed by atoms with E-state index in [4.69, 9.17) is 5.11 Å². The minimum absolute atomic E-state index is 0.231. The summed E-state index contributed by atoms with van der Waals surface area (Å²) in [4.78, 5) is 8.79. The van der Waals surface area contributed by atoms with Crippen LogP contribution in [0.2, 0.25) is 0 Å². The molecule has 5 nitrogen and oxygen atoms in total. The average Bonchev–Trinajstić information content (AvgIpc) is 2.36. The highest BCUT2D eigenvalue weighted by Gasteiger charge is 2.06. The van der Waals surface area contributed by atoms with E-state index in [1.807, 2.05) is 19.2 Å². The van der Waals surface area contributed by atoms with Crippen LogP contribution in [0.25, 0.3) is 0 Å². The quantitative estimate of drug-likeness (QED) is 0.497. The lowest BCUT2D eigenvalue weighted by Gasteiger charge is -2.15. The maximum atomic E-state index is 8.81. The standard InChI is InChI=1S/C12H22N4OS/c1-4-13-10-8-11(16-12(15-10)18-3)14-9(2)6-5-7-17/h8-9,17H,4-7H2,1-3H3,(H2,13,14,15,16). The molecule has 6 heteroatoms. The minimum Gasteiger partial charge on any atom is -0.396 e. The number of rotatable bonds is 8. The smallest absolute Gasteiger partial charge is 0.191 e. The predicted octanol–water partition coefficient (Wildman–Crippen LogP) is 2.20. The van der Waals surface area contributed by atoms with E-state index in [0.29, 0.717) is 0 Å². The van der Waals surface area contributed by atoms with E-state index < -0.39 is 0 Å². The van der Waals surface area contributed by atoms with Crippen LogP contribution in [-0.4, -0.2) is 40.5 Å². The number of aromatic nitrogens is 2. The van der Waals surface area contributed by atoms with Gasteiger partial charge in [-0.1, -0.05) is 11.8 Å². The topological polar surface area (TPSA) is 70.1 Å². The highest BCUT2D eigenvalue weighted by atomic mass is 32.2. The van der Waals surface area contributed by atoms with Gasteiger partial charge in [-0.2, -0.15) is 0 Å². The van der Waals surface area contributed by atoms with E-state index in [-0.39, 0.29) is 12.6 Å². The summed E-state index contributed by atoms with van der Waals surface area (Å²) < 4.78 is 0. The summed E-state index contributed by atoms with van der Waals surface area (Å²) in [5.74, 6) is 1.67. The molecule has 0 aliphatic carbocycles. The number of hydrogen-bond donors (Lipinski definition) is 3. The Bertz CT molecular complexity index is 362. The number of aliphatic hydroxyl groups is 1. The second kappa shape index (κ2) is 8.16. The number of anilines is 2. The number of hydrogen-bond acceptors (Lipinski definition) is 6. The van der Waals surface area contributed by atoms with E-state index >= 15 is 0 Å². The molecule has 0 aliphatic heterocycles. The van der Waals surface area contributed by atoms with Gasteiger partial charge in [0, 0.05) is 25.3 Å². The number of nitrogens with one attached hydrogen (secondary N) is 2. The molecule has 0 saturated carbocycles. The number of aliphatic hydroxyl groups excluding tert-OH is 1. The Morgan fingerprint density at radius 2 is 2.11 bits per heavy atom. The van der Waals surface area contributed by atoms with Gasteiger partial charge in [0.25, 0.3) is 0 Å². The third-order valence-electron chi connectivity index (χ3n) is 2.44. The Morgan fingerprint density at radius 1 is 1.39 bits per heavy atom. The SMILES string of the molecule is CCNc1cc(NC(C)CCCO)nc(SC)n1. The number of thioether (sulfide) groups is 1. The molecule has 1 atom stereocenters. The van der Waals surface area contributed by atoms with E-state index in [2.05, 4.69) is 27.5 Å². The van der Waals surface area contributed by atoms with Gasteiger partial charge in [-0.3, -0.25) is 0 Å². The van der Waals surface area contributed by atoms with Gasteiger partial charge in [0.2, 0.25) is 0 Å². The second-order valence-corrected chi connectivity index (χ2v) is 4.84. The zero-order chi connectivity index (χ0) is 13.4. The Morgan fingerprint density at radius 3 is 2.72 bits per heavy atom. The molecule has 0 aromatic carbocycles. The Kier molecular flexibility index (Phi) is 6.82. The Hall–Kier alpha value is -1.01. The molecule has 0 radical (unpaired) electrons. The van der Waals surface area contributed by atoms with Gasteiger partial charge in [-0.15, -0.1) is 0 Å². The van der Waals surface area contributed by atoms with E-state index in [1.54, 1.807) is 0 Å². The van der Waals surface area contributed by atoms with Crippen molar-refractivity contribution in [2.45, 2.75) is 37.9 Å². The van der Waals surface area contributed by atoms with Crippen LogP contribution in [-0.2, 0) is 0 Å². The van der Waals surface area contributed by atoms with Gasteiger partial charge < -0.3 is 15.7 Å². The van der Waals surface area contributed by atoms with Crippen molar-refractivity contribution in [1.82, 2.24) is 9.97 Å². The lowest BCUT2D eigenvalue weighted by atomic mass is 10.2. The van der Waals surface area contributed by atoms with E-state index in [1.165, 1.54) is 11.8 Å². The zero-order valence-electron chi connectivity index (χ0n) is 11.2. The summed E-state index contributed by atoms with van der Waals surface area (Å²) in [6, 6.07) is 2.20. The van der Waals surface area contributed by atoms with Crippen LogP contribution in [0.4, 0.5) is 11.6 Å². The molecule has 1 heterocycles. The molecular weight excluding hydrogens is 248 g/mol. The largest absolute Gasteiger partial charge is 0.396 e. The first kappa shape index (κ1) is 15.0. The van der Waals surface area contributed by atoms with Crippen LogP contribution >= 0.6 is 11.8 Å². The van der Waals surface area contributed by atoms with Crippen molar-refractivity contribution < 1.29 is 5.11 Å². The fourth-order valence-electron chi connectivity index (χ4n) is 1.58. The Labute approximate surface area is 113 Å². The highest BCUT2D eigenvalue weighted by Crippen LogP contribution is 2.18. The summed E-state index contributed by atoms with van der Waals surface area (Å²) in [6.07, 6.45) is 3.68. The van der Waals surface area contributed by atoms with Crippen molar-refractivity contribution in [3.63, 3.8) is 0 Å². The molecule has 3 N–H and O–H groups in total. The van der Waals surface area contributed by atoms with Crippen molar-refractivity contribution in [1.29, 1.82) is 0 Å². The van der Waals surface area contributed by atoms with Gasteiger partial charge in [0.15, 0.2) is 5.16 Å². The van der Waals surface area contributed by atoms with E-state index in [0.717, 1.165) is 36.2 Å². The van der Waals surface area contributed by atoms with Crippen LogP contribution in [0.15, 0.2) is 11.2 Å². The van der Waals surface area contributed by atoms with E-state index in [9.17, 15) is 0 Å². The van der Waals surface area contributed by atoms with Crippen molar-refractivity contribution in [3.8, 4) is 0 Å². The van der Waals surface area contributed by atoms with Gasteiger partial charge in [-0.05, 0) is 32.9 Å². The van der Waals surface area contributed by atoms with Crippen LogP contribution in [0.3, 0.4) is 0 Å². The summed E-state index contributed by atoms with van der Waals surface area (Å²) in [5.41, 5.74) is 0. The maximum Gasteiger partial charge on any atom is 0.191 e. The molecule has 0 aliphatic rings. The molecule has 0 saturated heterocycles. The molecule has 18 heavy (non-hydrogen) atoms. The van der Waals surface area contributed by atoms with Crippen molar-refractivity contribution in [2.75, 3.05) is 30.0 Å². The Balaban J connectivity index is 2.71. The monoisotopic (exact) mass is 270 g/mol. The fourth-order valence-corrected chi connectivity index (χ4v) is 1.96. The molecule has 0 spiro atoms. The third kappa shape index (κ3) is 5.10. The maximum absolute atomic E-state index is 8.81. The van der Waals surface area contributed by atoms with Gasteiger partial charge in [0.1, 0.15) is 11.6 Å². The van der Waals surface area contributed by atoms with Crippen LogP contribution in [0.5, 0.6) is 0 Å². The first-order valence-electron chi connectivity index (χ1n) is 6.24. The second-order valence-electron chi connectivity index (χ2n) is 4.07. The fraction of sp³-hybridized carbons (Fsp3) is 0.667. The highest BCUT2D eigenvalue weighted by molar-refractivity contribution is 7.98. The molecule has 0 bridgehead atoms. The zero-order valence-corrected chi connectivity index (χ0v) is 12.0. The first-order valence-corrected chi connectivity index (χ1v) is 7.46. The molecule has 1 unspecified atom stereocenters. The normalized spacial score (nSPS) is 12.2. The number of nitrogens with zero attached hydrogens (tertiary/aromatic N) is 2. The van der Waals surface area contributed by atoms with Gasteiger partial charge >= 0.3 is 0 Å². The summed E-state index contributed by atoms with van der Waals surface area (Å²) in [7, 11) is 0. The van der Waals surface area contributed by atoms with Gasteiger partial charge in [0.05, 0.1) is 0 Å². The molecule has 1 rings (SSSR count). The molecule has 1 aromatic heterocycles. The molecular formula is C12H22N4OS. The van der Waals surface area contributed by atoms with Crippen LogP contribution in [0.1, 0.15) is 26.7 Å².